The van der Waals surface area contributed by atoms with E-state index < -0.39 is 5.67 Å². The van der Waals surface area contributed by atoms with Crippen molar-refractivity contribution in [1.29, 1.82) is 0 Å². The van der Waals surface area contributed by atoms with Crippen LogP contribution in [0.25, 0.3) is 16.8 Å². The van der Waals surface area contributed by atoms with Crippen molar-refractivity contribution in [3.8, 4) is 11.3 Å². The van der Waals surface area contributed by atoms with Gasteiger partial charge in [0.15, 0.2) is 0 Å². The number of aromatic nitrogens is 4. The number of hydrogen-bond acceptors (Lipinski definition) is 6. The first-order valence-corrected chi connectivity index (χ1v) is 9.90. The number of likely N-dealkylation sites (N-methyl/N-ethyl adjacent to an activating group) is 1. The number of fused-ring (bicyclic) bond motifs is 2. The molecule has 2 N–H and O–H groups in total. The second kappa shape index (κ2) is 7.51. The van der Waals surface area contributed by atoms with Crippen LogP contribution < -0.4 is 10.6 Å². The van der Waals surface area contributed by atoms with Gasteiger partial charge in [0.25, 0.3) is 0 Å². The minimum Gasteiger partial charge on any atom is -0.350 e. The van der Waals surface area contributed by atoms with Crippen LogP contribution in [0.5, 0.6) is 0 Å². The van der Waals surface area contributed by atoms with Crippen molar-refractivity contribution in [2.75, 3.05) is 18.4 Å². The van der Waals surface area contributed by atoms with Gasteiger partial charge < -0.3 is 10.6 Å². The number of nitrogens with one attached hydrogen (secondary N) is 2. The first kappa shape index (κ1) is 19.4. The third-order valence-corrected chi connectivity index (χ3v) is 4.96. The molecule has 0 aromatic carbocycles. The lowest BCUT2D eigenvalue weighted by Gasteiger charge is -2.23. The summed E-state index contributed by atoms with van der Waals surface area (Å²) >= 11 is 0. The summed E-state index contributed by atoms with van der Waals surface area (Å²) in [6.45, 7) is 8.21. The van der Waals surface area contributed by atoms with Crippen molar-refractivity contribution < 1.29 is 4.39 Å². The second-order valence-corrected chi connectivity index (χ2v) is 7.94. The predicted octanol–water partition coefficient (Wildman–Crippen LogP) is 3.58. The Balaban J connectivity index is 1.63. The maximum absolute atomic E-state index is 13.7. The smallest absolute Gasteiger partial charge is 0.241 e. The van der Waals surface area contributed by atoms with E-state index >= 15 is 0 Å². The Hall–Kier alpha value is -2.87. The molecule has 0 spiro atoms. The summed E-state index contributed by atoms with van der Waals surface area (Å²) in [6.07, 6.45) is 4.42. The molecule has 1 atom stereocenters. The molecule has 1 aliphatic rings. The van der Waals surface area contributed by atoms with Crippen LogP contribution in [0, 0.1) is 0 Å². The third-order valence-electron chi connectivity index (χ3n) is 4.96. The van der Waals surface area contributed by atoms with Gasteiger partial charge >= 0.3 is 0 Å². The third kappa shape index (κ3) is 4.12. The Morgan fingerprint density at radius 1 is 1.28 bits per heavy atom. The van der Waals surface area contributed by atoms with Gasteiger partial charge in [0.05, 0.1) is 41.4 Å². The summed E-state index contributed by atoms with van der Waals surface area (Å²) in [6, 6.07) is 6.20. The summed E-state index contributed by atoms with van der Waals surface area (Å²) in [5.74, 6) is 0.391. The number of halogens is 1. The van der Waals surface area contributed by atoms with Gasteiger partial charge in [-0.15, -0.1) is 5.10 Å². The SMILES string of the molecule is CCNC1Cc2nc(-c3ccn4nc(NCC(C)(C)F)ncc34)ccc2N=C1C. The normalized spacial score (nSPS) is 16.6. The number of alkyl halides is 1. The maximum atomic E-state index is 13.7. The van der Waals surface area contributed by atoms with Gasteiger partial charge in [0, 0.05) is 23.9 Å². The van der Waals surface area contributed by atoms with Gasteiger partial charge in [-0.1, -0.05) is 6.92 Å². The summed E-state index contributed by atoms with van der Waals surface area (Å²) in [4.78, 5) is 13.9. The summed E-state index contributed by atoms with van der Waals surface area (Å²) < 4.78 is 15.4. The number of hydrogen-bond donors (Lipinski definition) is 2. The Morgan fingerprint density at radius 3 is 2.86 bits per heavy atom. The Morgan fingerprint density at radius 2 is 2.10 bits per heavy atom. The van der Waals surface area contributed by atoms with E-state index in [2.05, 4.69) is 34.6 Å². The molecule has 0 radical (unpaired) electrons. The second-order valence-electron chi connectivity index (χ2n) is 7.94. The molecule has 0 amide bonds. The molecule has 8 heteroatoms. The zero-order valence-corrected chi connectivity index (χ0v) is 17.2. The average Bonchev–Trinajstić information content (AvgIpc) is 3.09. The molecule has 0 saturated carbocycles. The van der Waals surface area contributed by atoms with Crippen molar-refractivity contribution in [3.05, 3.63) is 36.3 Å². The summed E-state index contributed by atoms with van der Waals surface area (Å²) in [7, 11) is 0. The highest BCUT2D eigenvalue weighted by molar-refractivity contribution is 5.92. The molecule has 29 heavy (non-hydrogen) atoms. The van der Waals surface area contributed by atoms with E-state index in [1.165, 1.54) is 13.8 Å². The Bertz CT molecular complexity index is 1060. The first-order valence-electron chi connectivity index (χ1n) is 9.90. The highest BCUT2D eigenvalue weighted by Crippen LogP contribution is 2.30. The molecular weight excluding hydrogens is 369 g/mol. The van der Waals surface area contributed by atoms with E-state index in [1.807, 2.05) is 24.4 Å². The molecule has 0 fully saturated rings. The lowest BCUT2D eigenvalue weighted by Crippen LogP contribution is -2.38. The number of rotatable bonds is 6. The minimum atomic E-state index is -1.33. The fourth-order valence-corrected chi connectivity index (χ4v) is 3.46. The lowest BCUT2D eigenvalue weighted by molar-refractivity contribution is 0.234. The minimum absolute atomic E-state index is 0.145. The zero-order chi connectivity index (χ0) is 20.6. The average molecular weight is 395 g/mol. The van der Waals surface area contributed by atoms with E-state index in [4.69, 9.17) is 9.98 Å². The zero-order valence-electron chi connectivity index (χ0n) is 17.2. The van der Waals surface area contributed by atoms with Gasteiger partial charge in [0.1, 0.15) is 5.67 Å². The molecule has 7 nitrogen and oxygen atoms in total. The Kier molecular flexibility index (Phi) is 5.04. The van der Waals surface area contributed by atoms with Crippen LogP contribution in [0.1, 0.15) is 33.4 Å². The molecule has 4 heterocycles. The van der Waals surface area contributed by atoms with Gasteiger partial charge in [-0.2, -0.15) is 0 Å². The van der Waals surface area contributed by atoms with Crippen LogP contribution in [0.3, 0.4) is 0 Å². The molecular formula is C21H26FN7. The number of aliphatic imine (C=N–C) groups is 1. The van der Waals surface area contributed by atoms with Crippen molar-refractivity contribution >= 4 is 22.9 Å². The van der Waals surface area contributed by atoms with Gasteiger partial charge in [-0.25, -0.2) is 13.9 Å². The van der Waals surface area contributed by atoms with Crippen molar-refractivity contribution in [1.82, 2.24) is 24.9 Å². The van der Waals surface area contributed by atoms with Gasteiger partial charge in [-0.05, 0) is 45.5 Å². The van der Waals surface area contributed by atoms with Crippen LogP contribution in [0.2, 0.25) is 0 Å². The Labute approximate surface area is 169 Å². The molecule has 0 bridgehead atoms. The largest absolute Gasteiger partial charge is 0.350 e. The topological polar surface area (TPSA) is 79.5 Å². The van der Waals surface area contributed by atoms with Crippen LogP contribution in [0.4, 0.5) is 16.0 Å². The fourth-order valence-electron chi connectivity index (χ4n) is 3.46. The van der Waals surface area contributed by atoms with E-state index in [0.717, 1.165) is 46.8 Å². The molecule has 0 saturated heterocycles. The molecule has 3 aromatic rings. The lowest BCUT2D eigenvalue weighted by atomic mass is 10.0. The molecule has 1 aliphatic heterocycles. The van der Waals surface area contributed by atoms with Crippen LogP contribution >= 0.6 is 0 Å². The van der Waals surface area contributed by atoms with E-state index in [9.17, 15) is 4.39 Å². The maximum Gasteiger partial charge on any atom is 0.241 e. The van der Waals surface area contributed by atoms with E-state index in [-0.39, 0.29) is 12.6 Å². The van der Waals surface area contributed by atoms with Crippen molar-refractivity contribution in [3.63, 3.8) is 0 Å². The van der Waals surface area contributed by atoms with Crippen LogP contribution in [0.15, 0.2) is 35.6 Å². The molecule has 152 valence electrons. The monoisotopic (exact) mass is 395 g/mol. The predicted molar refractivity (Wildman–Crippen MR) is 114 cm³/mol. The van der Waals surface area contributed by atoms with E-state index in [0.29, 0.717) is 5.95 Å². The number of anilines is 1. The number of pyridine rings is 1. The van der Waals surface area contributed by atoms with Crippen LogP contribution in [-0.4, -0.2) is 50.1 Å². The van der Waals surface area contributed by atoms with Gasteiger partial charge in [-0.3, -0.25) is 9.98 Å². The molecule has 4 rings (SSSR count). The quantitative estimate of drug-likeness (QED) is 0.667. The van der Waals surface area contributed by atoms with E-state index in [1.54, 1.807) is 10.7 Å². The fraction of sp³-hybridized carbons (Fsp3) is 0.429. The highest BCUT2D eigenvalue weighted by Gasteiger charge is 2.22. The van der Waals surface area contributed by atoms with Gasteiger partial charge in [0.2, 0.25) is 5.95 Å². The highest BCUT2D eigenvalue weighted by atomic mass is 19.1. The molecule has 0 aliphatic carbocycles. The standard InChI is InChI=1S/C21H26FN7/c1-5-23-17-10-18-16(26-13(17)2)7-6-15(27-18)14-8-9-29-19(14)11-24-20(28-29)25-12-21(3,4)22/h6-9,11,17,23H,5,10,12H2,1-4H3,(H,25,28). The summed E-state index contributed by atoms with van der Waals surface area (Å²) in [5.41, 5.74) is 4.35. The number of nitrogens with zero attached hydrogens (tertiary/aromatic N) is 5. The van der Waals surface area contributed by atoms with Crippen molar-refractivity contribution in [2.24, 2.45) is 4.99 Å². The van der Waals surface area contributed by atoms with Crippen molar-refractivity contribution in [2.45, 2.75) is 45.8 Å². The summed E-state index contributed by atoms with van der Waals surface area (Å²) in [5, 5.41) is 10.8. The molecule has 3 aromatic heterocycles. The van der Waals surface area contributed by atoms with Crippen LogP contribution in [-0.2, 0) is 6.42 Å². The first-order chi connectivity index (χ1) is 13.8. The molecule has 1 unspecified atom stereocenters.